The van der Waals surface area contributed by atoms with Gasteiger partial charge in [0.15, 0.2) is 6.29 Å². The minimum Gasteiger partial charge on any atom is -0.481 e. The minimum absolute atomic E-state index is 0.172. The molecule has 0 aromatic carbocycles. The van der Waals surface area contributed by atoms with Gasteiger partial charge in [0.1, 0.15) is 5.92 Å². The van der Waals surface area contributed by atoms with Crippen LogP contribution in [0.3, 0.4) is 0 Å². The Morgan fingerprint density at radius 3 is 2.52 bits per heavy atom. The first-order chi connectivity index (χ1) is 14.9. The van der Waals surface area contributed by atoms with E-state index < -0.39 is 36.1 Å². The van der Waals surface area contributed by atoms with Crippen LogP contribution in [0, 0.1) is 17.8 Å². The first-order valence-electron chi connectivity index (χ1n) is 12.1. The average molecular weight is 461 g/mol. The molecule has 0 radical (unpaired) electrons. The fraction of sp³-hybridized carbons (Fsp3) is 0.875. The molecule has 1 aliphatic carbocycles. The third-order valence-electron chi connectivity index (χ3n) is 6.36. The second-order valence-electron chi connectivity index (χ2n) is 8.90. The van der Waals surface area contributed by atoms with E-state index in [1.165, 1.54) is 63.1 Å². The van der Waals surface area contributed by atoms with E-state index >= 15 is 0 Å². The number of aliphatic hydroxyl groups excluding tert-OH is 3. The van der Waals surface area contributed by atoms with Crippen LogP contribution >= 0.6 is 11.8 Å². The lowest BCUT2D eigenvalue weighted by molar-refractivity contribution is -0.158. The molecule has 7 heteroatoms. The summed E-state index contributed by atoms with van der Waals surface area (Å²) in [5.41, 5.74) is 0. The van der Waals surface area contributed by atoms with Crippen LogP contribution in [0.25, 0.3) is 0 Å². The summed E-state index contributed by atoms with van der Waals surface area (Å²) in [4.78, 5) is 11.5. The first-order valence-corrected chi connectivity index (χ1v) is 13.1. The van der Waals surface area contributed by atoms with Gasteiger partial charge in [-0.05, 0) is 50.4 Å². The van der Waals surface area contributed by atoms with Gasteiger partial charge in [-0.1, -0.05) is 57.6 Å². The van der Waals surface area contributed by atoms with Gasteiger partial charge in [0.05, 0.1) is 12.7 Å². The van der Waals surface area contributed by atoms with Crippen molar-refractivity contribution in [3.63, 3.8) is 0 Å². The predicted octanol–water partition coefficient (Wildman–Crippen LogP) is 3.96. The van der Waals surface area contributed by atoms with E-state index in [9.17, 15) is 25.2 Å². The van der Waals surface area contributed by atoms with Crippen molar-refractivity contribution in [1.29, 1.82) is 0 Å². The van der Waals surface area contributed by atoms with E-state index in [-0.39, 0.29) is 5.75 Å². The molecule has 6 nitrogen and oxygen atoms in total. The molecule has 0 aliphatic heterocycles. The summed E-state index contributed by atoms with van der Waals surface area (Å²) in [6.45, 7) is 1.83. The Morgan fingerprint density at radius 1 is 1.10 bits per heavy atom. The number of hydrogen-bond donors (Lipinski definition) is 5. The number of thioether (sulfide) groups is 1. The van der Waals surface area contributed by atoms with Crippen molar-refractivity contribution in [3.8, 4) is 0 Å². The second-order valence-corrected chi connectivity index (χ2v) is 10.2. The van der Waals surface area contributed by atoms with Gasteiger partial charge in [-0.2, -0.15) is 11.8 Å². The number of allylic oxidation sites excluding steroid dienone is 2. The Labute approximate surface area is 192 Å². The van der Waals surface area contributed by atoms with Crippen molar-refractivity contribution in [1.82, 2.24) is 0 Å². The van der Waals surface area contributed by atoms with Crippen LogP contribution in [0.2, 0.25) is 0 Å². The number of aliphatic carboxylic acids is 1. The zero-order valence-corrected chi connectivity index (χ0v) is 19.9. The van der Waals surface area contributed by atoms with Gasteiger partial charge in [-0.15, -0.1) is 0 Å². The Balaban J connectivity index is 2.45. The largest absolute Gasteiger partial charge is 0.481 e. The molecule has 0 amide bonds. The van der Waals surface area contributed by atoms with Crippen LogP contribution in [0.5, 0.6) is 0 Å². The smallest absolute Gasteiger partial charge is 0.312 e. The number of hydrogen-bond acceptors (Lipinski definition) is 6. The molecule has 1 saturated carbocycles. The monoisotopic (exact) mass is 460 g/mol. The summed E-state index contributed by atoms with van der Waals surface area (Å²) in [6, 6.07) is 0. The van der Waals surface area contributed by atoms with Crippen LogP contribution in [-0.2, 0) is 4.79 Å². The highest BCUT2D eigenvalue weighted by atomic mass is 32.2. The number of aliphatic hydroxyl groups is 4. The molecule has 1 aliphatic rings. The van der Waals surface area contributed by atoms with Crippen LogP contribution in [0.4, 0.5) is 0 Å². The molecule has 5 N–H and O–H groups in total. The molecule has 1 fully saturated rings. The zero-order valence-electron chi connectivity index (χ0n) is 19.1. The lowest BCUT2D eigenvalue weighted by Crippen LogP contribution is -2.37. The summed E-state index contributed by atoms with van der Waals surface area (Å²) in [5.74, 6) is -1.03. The zero-order chi connectivity index (χ0) is 23.1. The fourth-order valence-electron chi connectivity index (χ4n) is 4.52. The molecule has 31 heavy (non-hydrogen) atoms. The molecule has 0 aromatic heterocycles. The molecular weight excluding hydrogens is 416 g/mol. The first kappa shape index (κ1) is 28.4. The minimum atomic E-state index is -1.94. The van der Waals surface area contributed by atoms with Gasteiger partial charge in [-0.3, -0.25) is 4.79 Å². The van der Waals surface area contributed by atoms with E-state index in [0.717, 1.165) is 19.3 Å². The van der Waals surface area contributed by atoms with E-state index in [4.69, 9.17) is 5.11 Å². The van der Waals surface area contributed by atoms with Gasteiger partial charge < -0.3 is 25.5 Å². The molecule has 1 rings (SSSR count). The Kier molecular flexibility index (Phi) is 15.5. The summed E-state index contributed by atoms with van der Waals surface area (Å²) in [6.07, 6.45) is 15.4. The number of carbonyl (C=O) groups is 1. The summed E-state index contributed by atoms with van der Waals surface area (Å²) in [7, 11) is 0. The van der Waals surface area contributed by atoms with Crippen molar-refractivity contribution >= 4 is 17.7 Å². The molecule has 3 unspecified atom stereocenters. The molecule has 0 saturated heterocycles. The summed E-state index contributed by atoms with van der Waals surface area (Å²) in [5, 5.41) is 46.5. The van der Waals surface area contributed by atoms with Crippen LogP contribution in [0.1, 0.15) is 84.0 Å². The number of carboxylic acids is 1. The summed E-state index contributed by atoms with van der Waals surface area (Å²) >= 11 is 1.20. The van der Waals surface area contributed by atoms with Crippen molar-refractivity contribution < 1.29 is 30.3 Å². The van der Waals surface area contributed by atoms with Gasteiger partial charge >= 0.3 is 5.97 Å². The summed E-state index contributed by atoms with van der Waals surface area (Å²) < 4.78 is 0. The number of carboxylic acid groups (broad SMARTS) is 1. The van der Waals surface area contributed by atoms with Gasteiger partial charge in [0, 0.05) is 11.0 Å². The van der Waals surface area contributed by atoms with Crippen LogP contribution in [0.15, 0.2) is 12.2 Å². The van der Waals surface area contributed by atoms with Crippen molar-refractivity contribution in [3.05, 3.63) is 12.2 Å². The normalized spacial score (nSPS) is 22.3. The van der Waals surface area contributed by atoms with Crippen LogP contribution in [-0.4, -0.2) is 61.5 Å². The molecule has 0 spiro atoms. The predicted molar refractivity (Wildman–Crippen MR) is 126 cm³/mol. The standard InChI is InChI=1S/C24H44O6S/c1-2-3-4-5-6-7-11-18-13-10-14-19(18)12-8-9-15-21(31-17-20(26)16-25)22(23(27)28)24(29)30/h7,11,18-23,25-28H,2-6,8-10,12-17H2,1H3,(H,29,30)/t18-,19-,20?,21?,22?/m0/s1. The lowest BCUT2D eigenvalue weighted by atomic mass is 9.89. The third kappa shape index (κ3) is 11.7. The van der Waals surface area contributed by atoms with Gasteiger partial charge in [-0.25, -0.2) is 0 Å². The van der Waals surface area contributed by atoms with E-state index in [0.29, 0.717) is 18.3 Å². The van der Waals surface area contributed by atoms with Crippen molar-refractivity contribution in [2.45, 2.75) is 102 Å². The lowest BCUT2D eigenvalue weighted by Gasteiger charge is -2.26. The topological polar surface area (TPSA) is 118 Å². The van der Waals surface area contributed by atoms with E-state index in [1.807, 2.05) is 0 Å². The number of rotatable bonds is 18. The van der Waals surface area contributed by atoms with Crippen LogP contribution < -0.4 is 0 Å². The Bertz CT molecular complexity index is 498. The molecule has 182 valence electrons. The quantitative estimate of drug-likeness (QED) is 0.119. The molecule has 5 atom stereocenters. The van der Waals surface area contributed by atoms with Crippen molar-refractivity contribution in [2.75, 3.05) is 12.4 Å². The van der Waals surface area contributed by atoms with Gasteiger partial charge in [0.2, 0.25) is 0 Å². The number of unbranched alkanes of at least 4 members (excludes halogenated alkanes) is 5. The SMILES string of the molecule is CCCCCCC=C[C@H]1CCC[C@@H]1CCCCC(SCC(O)CO)C(C(=O)O)C(O)O. The average Bonchev–Trinajstić information content (AvgIpc) is 3.17. The molecule has 0 bridgehead atoms. The Hall–Kier alpha value is -0.600. The maximum atomic E-state index is 11.5. The second kappa shape index (κ2) is 17.0. The third-order valence-corrected chi connectivity index (χ3v) is 7.89. The highest BCUT2D eigenvalue weighted by Gasteiger charge is 2.34. The molecule has 0 heterocycles. The fourth-order valence-corrected chi connectivity index (χ4v) is 5.89. The molecule has 0 aromatic rings. The van der Waals surface area contributed by atoms with Gasteiger partial charge in [0.25, 0.3) is 0 Å². The van der Waals surface area contributed by atoms with E-state index in [1.54, 1.807) is 0 Å². The van der Waals surface area contributed by atoms with Crippen molar-refractivity contribution in [2.24, 2.45) is 17.8 Å². The maximum absolute atomic E-state index is 11.5. The molecular formula is C24H44O6S. The maximum Gasteiger partial charge on any atom is 0.312 e. The Morgan fingerprint density at radius 2 is 1.87 bits per heavy atom. The van der Waals surface area contributed by atoms with E-state index in [2.05, 4.69) is 19.1 Å². The highest BCUT2D eigenvalue weighted by molar-refractivity contribution is 8.00. The highest BCUT2D eigenvalue weighted by Crippen LogP contribution is 2.37.